The van der Waals surface area contributed by atoms with E-state index in [0.29, 0.717) is 16.9 Å². The fourth-order valence-electron chi connectivity index (χ4n) is 5.44. The lowest BCUT2D eigenvalue weighted by Gasteiger charge is -2.46. The van der Waals surface area contributed by atoms with Crippen molar-refractivity contribution in [2.24, 2.45) is 16.6 Å². The Morgan fingerprint density at radius 1 is 1.14 bits per heavy atom. The zero-order valence-corrected chi connectivity index (χ0v) is 14.5. The summed E-state index contributed by atoms with van der Waals surface area (Å²) in [6.45, 7) is 12.0. The van der Waals surface area contributed by atoms with Crippen LogP contribution in [0, 0.1) is 17.8 Å². The predicted octanol–water partition coefficient (Wildman–Crippen LogP) is 4.91. The smallest absolute Gasteiger partial charge is 0.0346 e. The normalized spacial score (nSPS) is 28.4. The van der Waals surface area contributed by atoms with Gasteiger partial charge in [-0.15, -0.1) is 0 Å². The lowest BCUT2D eigenvalue weighted by atomic mass is 9.63. The summed E-state index contributed by atoms with van der Waals surface area (Å²) in [5, 5.41) is 0. The van der Waals surface area contributed by atoms with E-state index >= 15 is 0 Å². The summed E-state index contributed by atoms with van der Waals surface area (Å²) in [5.41, 5.74) is 11.6. The Balaban J connectivity index is 2.00. The highest BCUT2D eigenvalue weighted by atomic mass is 15.0. The van der Waals surface area contributed by atoms with Crippen LogP contribution in [0.5, 0.6) is 0 Å². The largest absolute Gasteiger partial charge is 0.346 e. The zero-order valence-electron chi connectivity index (χ0n) is 14.5. The molecule has 3 rings (SSSR count). The average molecular weight is 288 g/mol. The molecule has 118 valence electrons. The molecule has 21 heavy (non-hydrogen) atoms. The van der Waals surface area contributed by atoms with Crippen molar-refractivity contribution in [3.8, 4) is 0 Å². The first-order chi connectivity index (χ1) is 9.69. The van der Waals surface area contributed by atoms with Crippen molar-refractivity contribution in [2.45, 2.75) is 85.2 Å². The van der Waals surface area contributed by atoms with Gasteiger partial charge in [-0.3, -0.25) is 0 Å². The van der Waals surface area contributed by atoms with Crippen molar-refractivity contribution in [3.05, 3.63) is 23.0 Å². The van der Waals surface area contributed by atoms with Gasteiger partial charge in [0, 0.05) is 23.5 Å². The van der Waals surface area contributed by atoms with Crippen molar-refractivity contribution in [1.29, 1.82) is 0 Å². The SMILES string of the molecule is Cc1cc2c(n1C1CC(C)(C)CC(C)(C)C1)CCCC2N. The molecule has 0 saturated heterocycles. The van der Waals surface area contributed by atoms with Gasteiger partial charge in [-0.1, -0.05) is 27.7 Å². The topological polar surface area (TPSA) is 30.9 Å². The van der Waals surface area contributed by atoms with E-state index in [4.69, 9.17) is 5.73 Å². The number of nitrogens with zero attached hydrogens (tertiary/aromatic N) is 1. The van der Waals surface area contributed by atoms with E-state index in [1.165, 1.54) is 43.4 Å². The van der Waals surface area contributed by atoms with E-state index in [2.05, 4.69) is 45.3 Å². The minimum absolute atomic E-state index is 0.262. The van der Waals surface area contributed by atoms with Crippen LogP contribution < -0.4 is 5.73 Å². The molecule has 0 aromatic carbocycles. The predicted molar refractivity (Wildman–Crippen MR) is 89.5 cm³/mol. The summed E-state index contributed by atoms with van der Waals surface area (Å²) in [6, 6.07) is 3.28. The molecule has 1 aromatic heterocycles. The molecule has 2 aliphatic carbocycles. The minimum atomic E-state index is 0.262. The molecule has 0 amide bonds. The summed E-state index contributed by atoms with van der Waals surface area (Å²) < 4.78 is 2.66. The standard InChI is InChI=1S/C19H32N2/c1-13-9-15-16(20)7-6-8-17(15)21(13)14-10-18(2,3)12-19(4,5)11-14/h9,14,16H,6-8,10-12,20H2,1-5H3. The first-order valence-corrected chi connectivity index (χ1v) is 8.65. The molecular weight excluding hydrogens is 256 g/mol. The van der Waals surface area contributed by atoms with Crippen LogP contribution in [-0.4, -0.2) is 4.57 Å². The number of fused-ring (bicyclic) bond motifs is 1. The molecule has 1 fully saturated rings. The second-order valence-corrected chi connectivity index (χ2v) is 9.12. The first-order valence-electron chi connectivity index (χ1n) is 8.65. The lowest BCUT2D eigenvalue weighted by molar-refractivity contribution is 0.0704. The Morgan fingerprint density at radius 3 is 2.38 bits per heavy atom. The Labute approximate surface area is 130 Å². The highest BCUT2D eigenvalue weighted by Crippen LogP contribution is 2.51. The van der Waals surface area contributed by atoms with Crippen LogP contribution in [0.2, 0.25) is 0 Å². The van der Waals surface area contributed by atoms with Crippen LogP contribution in [0.25, 0.3) is 0 Å². The van der Waals surface area contributed by atoms with Crippen LogP contribution in [-0.2, 0) is 6.42 Å². The second-order valence-electron chi connectivity index (χ2n) is 9.12. The number of aryl methyl sites for hydroxylation is 1. The second kappa shape index (κ2) is 4.87. The van der Waals surface area contributed by atoms with Crippen molar-refractivity contribution in [2.75, 3.05) is 0 Å². The molecule has 0 radical (unpaired) electrons. The number of nitrogens with two attached hydrogens (primary N) is 1. The summed E-state index contributed by atoms with van der Waals surface area (Å²) in [4.78, 5) is 0. The Hall–Kier alpha value is -0.760. The van der Waals surface area contributed by atoms with Gasteiger partial charge in [-0.05, 0) is 67.9 Å². The van der Waals surface area contributed by atoms with Crippen molar-refractivity contribution >= 4 is 0 Å². The number of aromatic nitrogens is 1. The molecule has 1 heterocycles. The first kappa shape index (κ1) is 15.1. The third-order valence-corrected chi connectivity index (χ3v) is 5.60. The monoisotopic (exact) mass is 288 g/mol. The van der Waals surface area contributed by atoms with Gasteiger partial charge in [0.2, 0.25) is 0 Å². The molecule has 2 heteroatoms. The molecule has 2 N–H and O–H groups in total. The van der Waals surface area contributed by atoms with Crippen LogP contribution in [0.1, 0.15) is 88.8 Å². The van der Waals surface area contributed by atoms with E-state index in [1.54, 1.807) is 5.69 Å². The van der Waals surface area contributed by atoms with E-state index in [0.717, 1.165) is 6.42 Å². The summed E-state index contributed by atoms with van der Waals surface area (Å²) in [6.07, 6.45) is 7.54. The third-order valence-electron chi connectivity index (χ3n) is 5.60. The molecule has 0 spiro atoms. The maximum Gasteiger partial charge on any atom is 0.0346 e. The van der Waals surface area contributed by atoms with E-state index < -0.39 is 0 Å². The van der Waals surface area contributed by atoms with E-state index in [-0.39, 0.29) is 6.04 Å². The van der Waals surface area contributed by atoms with Crippen LogP contribution >= 0.6 is 0 Å². The van der Waals surface area contributed by atoms with E-state index in [9.17, 15) is 0 Å². The van der Waals surface area contributed by atoms with E-state index in [1.807, 2.05) is 0 Å². The number of hydrogen-bond donors (Lipinski definition) is 1. The molecule has 1 unspecified atom stereocenters. The average Bonchev–Trinajstić information content (AvgIpc) is 2.62. The van der Waals surface area contributed by atoms with Gasteiger partial charge in [0.25, 0.3) is 0 Å². The Bertz CT molecular complexity index is 520. The highest BCUT2D eigenvalue weighted by Gasteiger charge is 2.40. The molecule has 1 aromatic rings. The Morgan fingerprint density at radius 2 is 1.76 bits per heavy atom. The molecule has 1 saturated carbocycles. The van der Waals surface area contributed by atoms with Crippen molar-refractivity contribution in [3.63, 3.8) is 0 Å². The molecule has 2 nitrogen and oxygen atoms in total. The lowest BCUT2D eigenvalue weighted by Crippen LogP contribution is -2.36. The van der Waals surface area contributed by atoms with Crippen LogP contribution in [0.3, 0.4) is 0 Å². The molecule has 0 aliphatic heterocycles. The highest BCUT2D eigenvalue weighted by molar-refractivity contribution is 5.33. The van der Waals surface area contributed by atoms with Gasteiger partial charge in [0.15, 0.2) is 0 Å². The summed E-state index contributed by atoms with van der Waals surface area (Å²) in [5.74, 6) is 0. The summed E-state index contributed by atoms with van der Waals surface area (Å²) >= 11 is 0. The van der Waals surface area contributed by atoms with Crippen LogP contribution in [0.4, 0.5) is 0 Å². The maximum atomic E-state index is 6.35. The van der Waals surface area contributed by atoms with Gasteiger partial charge in [0.05, 0.1) is 0 Å². The Kier molecular flexibility index (Phi) is 3.52. The van der Waals surface area contributed by atoms with Gasteiger partial charge < -0.3 is 10.3 Å². The number of hydrogen-bond acceptors (Lipinski definition) is 1. The molecular formula is C19H32N2. The maximum absolute atomic E-state index is 6.35. The fraction of sp³-hybridized carbons (Fsp3) is 0.789. The summed E-state index contributed by atoms with van der Waals surface area (Å²) in [7, 11) is 0. The third kappa shape index (κ3) is 2.79. The number of rotatable bonds is 1. The quantitative estimate of drug-likeness (QED) is 0.782. The van der Waals surface area contributed by atoms with Gasteiger partial charge in [-0.25, -0.2) is 0 Å². The van der Waals surface area contributed by atoms with Crippen molar-refractivity contribution in [1.82, 2.24) is 4.57 Å². The fourth-order valence-corrected chi connectivity index (χ4v) is 5.44. The van der Waals surface area contributed by atoms with Crippen LogP contribution in [0.15, 0.2) is 6.07 Å². The van der Waals surface area contributed by atoms with Crippen molar-refractivity contribution < 1.29 is 0 Å². The molecule has 2 aliphatic rings. The minimum Gasteiger partial charge on any atom is -0.346 e. The van der Waals surface area contributed by atoms with Gasteiger partial charge in [0.1, 0.15) is 0 Å². The van der Waals surface area contributed by atoms with Gasteiger partial charge in [-0.2, -0.15) is 0 Å². The van der Waals surface area contributed by atoms with Gasteiger partial charge >= 0.3 is 0 Å². The zero-order chi connectivity index (χ0) is 15.4. The molecule has 0 bridgehead atoms. The molecule has 1 atom stereocenters.